The average molecular weight is 676 g/mol. The second kappa shape index (κ2) is 10.8. The number of fused-ring (bicyclic) bond motifs is 11. The predicted octanol–water partition coefficient (Wildman–Crippen LogP) is 12.9. The Hall–Kier alpha value is -6.84. The molecule has 248 valence electrons. The van der Waals surface area contributed by atoms with Crippen molar-refractivity contribution in [3.05, 3.63) is 181 Å². The Morgan fingerprint density at radius 2 is 0.943 bits per heavy atom. The standard InChI is InChI=1S/C50H33N3/c1-3-13-37-31(9-1)11-7-15-39(37)33-19-21-47-43(25-33)44-26-35-17-18-36-28-46-45-27-34(40-16-8-12-32-10-2-4-14-38(32)40)20-22-49(45)53(52-23-5-6-24-52)50(46)30-42(36)41(35)29-48(44)51-47/h1-16,19-30,51H,17-18H2. The fourth-order valence-electron chi connectivity index (χ4n) is 9.26. The molecule has 0 aliphatic heterocycles. The molecule has 3 nitrogen and oxygen atoms in total. The normalized spacial score (nSPS) is 12.8. The van der Waals surface area contributed by atoms with Gasteiger partial charge in [0, 0.05) is 45.0 Å². The van der Waals surface area contributed by atoms with Gasteiger partial charge in [-0.15, -0.1) is 0 Å². The number of aromatic nitrogens is 3. The van der Waals surface area contributed by atoms with Crippen LogP contribution in [0.2, 0.25) is 0 Å². The van der Waals surface area contributed by atoms with E-state index in [4.69, 9.17) is 0 Å². The molecule has 0 saturated heterocycles. The lowest BCUT2D eigenvalue weighted by atomic mass is 9.84. The molecule has 1 aliphatic rings. The number of hydrogen-bond acceptors (Lipinski definition) is 0. The molecule has 1 N–H and O–H groups in total. The minimum Gasteiger partial charge on any atom is -0.354 e. The van der Waals surface area contributed by atoms with Gasteiger partial charge in [0.15, 0.2) is 0 Å². The van der Waals surface area contributed by atoms with Crippen LogP contribution in [0.4, 0.5) is 0 Å². The summed E-state index contributed by atoms with van der Waals surface area (Å²) in [6.45, 7) is 0. The number of aryl methyl sites for hydroxylation is 2. The summed E-state index contributed by atoms with van der Waals surface area (Å²) in [4.78, 5) is 3.79. The number of H-pyrrole nitrogens is 1. The summed E-state index contributed by atoms with van der Waals surface area (Å²) < 4.78 is 4.59. The molecule has 3 heterocycles. The van der Waals surface area contributed by atoms with Crippen molar-refractivity contribution in [3.8, 4) is 33.4 Å². The topological polar surface area (TPSA) is 25.6 Å². The van der Waals surface area contributed by atoms with Crippen molar-refractivity contribution in [2.24, 2.45) is 0 Å². The zero-order chi connectivity index (χ0) is 34.6. The summed E-state index contributed by atoms with van der Waals surface area (Å²) >= 11 is 0. The molecule has 53 heavy (non-hydrogen) atoms. The van der Waals surface area contributed by atoms with Gasteiger partial charge in [-0.3, -0.25) is 4.68 Å². The molecule has 0 atom stereocenters. The van der Waals surface area contributed by atoms with Gasteiger partial charge in [0.1, 0.15) is 0 Å². The molecule has 3 heteroatoms. The zero-order valence-corrected chi connectivity index (χ0v) is 29.0. The van der Waals surface area contributed by atoms with Crippen molar-refractivity contribution in [3.63, 3.8) is 0 Å². The van der Waals surface area contributed by atoms with Crippen LogP contribution in [0.3, 0.4) is 0 Å². The highest BCUT2D eigenvalue weighted by molar-refractivity contribution is 6.14. The SMILES string of the molecule is c1ccc2c(-c3ccc4[nH]c5cc6c(cc5c4c3)CCc3cc4c5cc(-c7cccc8ccccc78)ccc5n(-n5cccc5)c4cc3-6)cccc2c1. The van der Waals surface area contributed by atoms with Crippen molar-refractivity contribution in [1.82, 2.24) is 14.3 Å². The molecule has 0 spiro atoms. The third-order valence-electron chi connectivity index (χ3n) is 11.8. The first kappa shape index (κ1) is 28.8. The van der Waals surface area contributed by atoms with Crippen LogP contribution in [0, 0.1) is 0 Å². The summed E-state index contributed by atoms with van der Waals surface area (Å²) in [6.07, 6.45) is 6.33. The first-order valence-electron chi connectivity index (χ1n) is 18.5. The maximum absolute atomic E-state index is 3.79. The summed E-state index contributed by atoms with van der Waals surface area (Å²) in [5.41, 5.74) is 15.3. The smallest absolute Gasteiger partial charge is 0.0722 e. The Bertz CT molecular complexity index is 3270. The van der Waals surface area contributed by atoms with E-state index in [1.807, 2.05) is 0 Å². The Labute approximate surface area is 305 Å². The monoisotopic (exact) mass is 675 g/mol. The maximum Gasteiger partial charge on any atom is 0.0722 e. The molecular formula is C50H33N3. The Morgan fingerprint density at radius 1 is 0.377 bits per heavy atom. The molecule has 0 bridgehead atoms. The van der Waals surface area contributed by atoms with Crippen LogP contribution in [0.25, 0.3) is 98.5 Å². The molecular weight excluding hydrogens is 643 g/mol. The lowest BCUT2D eigenvalue weighted by Crippen LogP contribution is -2.07. The molecule has 0 unspecified atom stereocenters. The van der Waals surface area contributed by atoms with Crippen LogP contribution >= 0.6 is 0 Å². The number of hydrogen-bond donors (Lipinski definition) is 1. The van der Waals surface area contributed by atoms with Crippen molar-refractivity contribution in [2.45, 2.75) is 12.8 Å². The highest BCUT2D eigenvalue weighted by Crippen LogP contribution is 2.43. The van der Waals surface area contributed by atoms with Crippen LogP contribution in [-0.2, 0) is 12.8 Å². The average Bonchev–Trinajstić information content (AvgIpc) is 3.94. The van der Waals surface area contributed by atoms with Gasteiger partial charge >= 0.3 is 0 Å². The molecule has 0 radical (unpaired) electrons. The van der Waals surface area contributed by atoms with E-state index < -0.39 is 0 Å². The summed E-state index contributed by atoms with van der Waals surface area (Å²) in [5.74, 6) is 0. The van der Waals surface area contributed by atoms with E-state index in [0.717, 1.165) is 12.8 Å². The minimum atomic E-state index is 1.02. The molecule has 12 rings (SSSR count). The molecule has 8 aromatic carbocycles. The fraction of sp³-hybridized carbons (Fsp3) is 0.0400. The van der Waals surface area contributed by atoms with E-state index in [1.165, 1.54) is 110 Å². The summed E-state index contributed by atoms with van der Waals surface area (Å²) in [6, 6.07) is 58.5. The molecule has 11 aromatic rings. The third kappa shape index (κ3) is 4.22. The van der Waals surface area contributed by atoms with Gasteiger partial charge in [-0.1, -0.05) is 97.1 Å². The van der Waals surface area contributed by atoms with Gasteiger partial charge in [0.05, 0.1) is 11.0 Å². The van der Waals surface area contributed by atoms with Gasteiger partial charge in [-0.2, -0.15) is 0 Å². The summed E-state index contributed by atoms with van der Waals surface area (Å²) in [5, 5.41) is 10.3. The highest BCUT2D eigenvalue weighted by atomic mass is 15.4. The van der Waals surface area contributed by atoms with Gasteiger partial charge in [-0.25, -0.2) is 4.68 Å². The van der Waals surface area contributed by atoms with Gasteiger partial charge in [0.2, 0.25) is 0 Å². The molecule has 3 aromatic heterocycles. The summed E-state index contributed by atoms with van der Waals surface area (Å²) in [7, 11) is 0. The number of aromatic amines is 1. The number of nitrogens with zero attached hydrogens (tertiary/aromatic N) is 2. The van der Waals surface area contributed by atoms with Crippen LogP contribution in [0.15, 0.2) is 170 Å². The Balaban J connectivity index is 1.05. The molecule has 0 amide bonds. The highest BCUT2D eigenvalue weighted by Gasteiger charge is 2.23. The molecule has 1 aliphatic carbocycles. The number of nitrogens with one attached hydrogen (secondary N) is 1. The second-order valence-electron chi connectivity index (χ2n) is 14.6. The molecule has 0 saturated carbocycles. The first-order valence-corrected chi connectivity index (χ1v) is 18.5. The molecule has 0 fully saturated rings. The van der Waals surface area contributed by atoms with E-state index in [0.29, 0.717) is 0 Å². The minimum absolute atomic E-state index is 1.02. The zero-order valence-electron chi connectivity index (χ0n) is 29.0. The van der Waals surface area contributed by atoms with Crippen LogP contribution in [0.1, 0.15) is 11.1 Å². The second-order valence-corrected chi connectivity index (χ2v) is 14.6. The van der Waals surface area contributed by atoms with Gasteiger partial charge < -0.3 is 4.98 Å². The third-order valence-corrected chi connectivity index (χ3v) is 11.8. The van der Waals surface area contributed by atoms with Crippen molar-refractivity contribution in [1.29, 1.82) is 0 Å². The van der Waals surface area contributed by atoms with E-state index in [2.05, 4.69) is 184 Å². The van der Waals surface area contributed by atoms with Crippen LogP contribution in [-0.4, -0.2) is 14.3 Å². The lowest BCUT2D eigenvalue weighted by Gasteiger charge is -2.21. The van der Waals surface area contributed by atoms with Crippen molar-refractivity contribution < 1.29 is 0 Å². The predicted molar refractivity (Wildman–Crippen MR) is 223 cm³/mol. The fourth-order valence-corrected chi connectivity index (χ4v) is 9.26. The Kier molecular flexibility index (Phi) is 5.89. The van der Waals surface area contributed by atoms with E-state index >= 15 is 0 Å². The lowest BCUT2D eigenvalue weighted by molar-refractivity contribution is 0.718. The van der Waals surface area contributed by atoms with Crippen LogP contribution < -0.4 is 0 Å². The van der Waals surface area contributed by atoms with Crippen molar-refractivity contribution in [2.75, 3.05) is 0 Å². The van der Waals surface area contributed by atoms with Crippen LogP contribution in [0.5, 0.6) is 0 Å². The van der Waals surface area contributed by atoms with E-state index in [9.17, 15) is 0 Å². The Morgan fingerprint density at radius 3 is 1.66 bits per heavy atom. The van der Waals surface area contributed by atoms with E-state index in [1.54, 1.807) is 0 Å². The number of rotatable bonds is 3. The van der Waals surface area contributed by atoms with Crippen molar-refractivity contribution >= 4 is 65.2 Å². The largest absolute Gasteiger partial charge is 0.354 e. The number of benzene rings is 8. The first-order chi connectivity index (χ1) is 26.2. The quantitative estimate of drug-likeness (QED) is 0.193. The maximum atomic E-state index is 3.79. The van der Waals surface area contributed by atoms with E-state index in [-0.39, 0.29) is 0 Å². The van der Waals surface area contributed by atoms with Gasteiger partial charge in [-0.05, 0) is 140 Å². The van der Waals surface area contributed by atoms with Gasteiger partial charge in [0.25, 0.3) is 0 Å².